The Morgan fingerprint density at radius 2 is 1.83 bits per heavy atom. The molecule has 4 rings (SSSR count). The van der Waals surface area contributed by atoms with Crippen LogP contribution in [0.4, 0.5) is 0 Å². The monoisotopic (exact) mass is 402 g/mol. The van der Waals surface area contributed by atoms with Gasteiger partial charge in [-0.15, -0.1) is 0 Å². The fourth-order valence-corrected chi connectivity index (χ4v) is 2.76. The number of hydrazone groups is 1. The zero-order valence-electron chi connectivity index (χ0n) is 15.8. The number of carbonyl (C=O) groups is 2. The predicted octanol–water partition coefficient (Wildman–Crippen LogP) is 2.66. The van der Waals surface area contributed by atoms with E-state index in [1.54, 1.807) is 60.8 Å². The molecule has 8 heteroatoms. The quantitative estimate of drug-likeness (QED) is 0.335. The maximum atomic E-state index is 12.7. The van der Waals surface area contributed by atoms with Crippen LogP contribution in [-0.4, -0.2) is 29.8 Å². The van der Waals surface area contributed by atoms with Crippen LogP contribution >= 0.6 is 0 Å². The Labute approximate surface area is 172 Å². The molecule has 2 heterocycles. The molecule has 2 aromatic carbocycles. The van der Waals surface area contributed by atoms with Crippen molar-refractivity contribution in [1.29, 1.82) is 0 Å². The van der Waals surface area contributed by atoms with Gasteiger partial charge in [-0.1, -0.05) is 24.3 Å². The third-order valence-corrected chi connectivity index (χ3v) is 4.23. The second-order valence-electron chi connectivity index (χ2n) is 6.32. The third kappa shape index (κ3) is 4.56. The molecule has 0 bridgehead atoms. The topological polar surface area (TPSA) is 105 Å². The highest BCUT2D eigenvalue weighted by Gasteiger charge is 2.16. The molecule has 0 saturated heterocycles. The van der Waals surface area contributed by atoms with Crippen molar-refractivity contribution in [2.24, 2.45) is 5.10 Å². The number of nitrogens with one attached hydrogen (secondary N) is 3. The summed E-state index contributed by atoms with van der Waals surface area (Å²) in [4.78, 5) is 28.2. The van der Waals surface area contributed by atoms with Crippen molar-refractivity contribution in [2.45, 2.75) is 0 Å². The minimum atomic E-state index is -0.570. The van der Waals surface area contributed by atoms with Crippen LogP contribution in [0.15, 0.2) is 77.7 Å². The number of ether oxygens (including phenoxy) is 2. The van der Waals surface area contributed by atoms with Crippen molar-refractivity contribution in [3.05, 3.63) is 89.4 Å². The molecule has 150 valence electrons. The van der Waals surface area contributed by atoms with E-state index in [0.29, 0.717) is 22.6 Å². The van der Waals surface area contributed by atoms with Gasteiger partial charge in [0.2, 0.25) is 6.79 Å². The number of carbonyl (C=O) groups excluding carboxylic acids is 2. The number of nitrogens with zero attached hydrogens (tertiary/aromatic N) is 1. The third-order valence-electron chi connectivity index (χ3n) is 4.23. The first-order valence-corrected chi connectivity index (χ1v) is 9.13. The predicted molar refractivity (Wildman–Crippen MR) is 111 cm³/mol. The molecule has 1 aliphatic rings. The SMILES string of the molecule is O=C(NN=Cc1ccc[nH]1)C(=Cc1ccc2c(c1)OCO2)NC(=O)c1ccccc1. The fourth-order valence-electron chi connectivity index (χ4n) is 2.76. The molecule has 0 atom stereocenters. The van der Waals surface area contributed by atoms with Crippen LogP contribution in [0.5, 0.6) is 11.5 Å². The number of hydrogen-bond donors (Lipinski definition) is 3. The Bertz CT molecular complexity index is 1110. The van der Waals surface area contributed by atoms with Gasteiger partial charge in [0.1, 0.15) is 5.70 Å². The lowest BCUT2D eigenvalue weighted by atomic mass is 10.1. The van der Waals surface area contributed by atoms with E-state index in [4.69, 9.17) is 9.47 Å². The van der Waals surface area contributed by atoms with E-state index in [2.05, 4.69) is 20.8 Å². The summed E-state index contributed by atoms with van der Waals surface area (Å²) in [5, 5.41) is 6.57. The Morgan fingerprint density at radius 1 is 1.00 bits per heavy atom. The average molecular weight is 402 g/mol. The number of benzene rings is 2. The largest absolute Gasteiger partial charge is 0.454 e. The molecule has 0 saturated carbocycles. The van der Waals surface area contributed by atoms with Gasteiger partial charge in [0.25, 0.3) is 11.8 Å². The van der Waals surface area contributed by atoms with Gasteiger partial charge in [0, 0.05) is 11.8 Å². The molecule has 0 fully saturated rings. The molecule has 3 aromatic rings. The standard InChI is InChI=1S/C22H18N4O4/c27-21(16-5-2-1-3-6-16)25-18(22(28)26-24-13-17-7-4-10-23-17)11-15-8-9-19-20(12-15)30-14-29-19/h1-13,23H,14H2,(H,25,27)(H,26,28). The van der Waals surface area contributed by atoms with Gasteiger partial charge in [0.15, 0.2) is 11.5 Å². The second kappa shape index (κ2) is 8.78. The molecular weight excluding hydrogens is 384 g/mol. The lowest BCUT2D eigenvalue weighted by Gasteiger charge is -2.09. The number of amides is 2. The van der Waals surface area contributed by atoms with Crippen molar-refractivity contribution in [1.82, 2.24) is 15.7 Å². The summed E-state index contributed by atoms with van der Waals surface area (Å²) in [6.45, 7) is 0.147. The van der Waals surface area contributed by atoms with E-state index in [-0.39, 0.29) is 12.5 Å². The molecule has 0 spiro atoms. The number of aromatic amines is 1. The van der Waals surface area contributed by atoms with Gasteiger partial charge < -0.3 is 19.8 Å². The maximum Gasteiger partial charge on any atom is 0.287 e. The Hall–Kier alpha value is -4.33. The summed E-state index contributed by atoms with van der Waals surface area (Å²) in [6, 6.07) is 17.5. The summed E-state index contributed by atoms with van der Waals surface area (Å²) in [6.07, 6.45) is 4.76. The lowest BCUT2D eigenvalue weighted by molar-refractivity contribution is -0.117. The van der Waals surface area contributed by atoms with Crippen LogP contribution in [0.2, 0.25) is 0 Å². The normalized spacial score (nSPS) is 12.7. The average Bonchev–Trinajstić information content (AvgIpc) is 3.45. The van der Waals surface area contributed by atoms with Crippen LogP contribution in [0.3, 0.4) is 0 Å². The van der Waals surface area contributed by atoms with E-state index < -0.39 is 11.8 Å². The Kier molecular flexibility index (Phi) is 5.56. The molecular formula is C22H18N4O4. The van der Waals surface area contributed by atoms with Gasteiger partial charge in [-0.25, -0.2) is 5.43 Å². The molecule has 8 nitrogen and oxygen atoms in total. The second-order valence-corrected chi connectivity index (χ2v) is 6.32. The maximum absolute atomic E-state index is 12.7. The van der Waals surface area contributed by atoms with Gasteiger partial charge >= 0.3 is 0 Å². The molecule has 0 radical (unpaired) electrons. The van der Waals surface area contributed by atoms with Crippen molar-refractivity contribution >= 4 is 24.1 Å². The number of hydrogen-bond acceptors (Lipinski definition) is 5. The van der Waals surface area contributed by atoms with Gasteiger partial charge in [-0.2, -0.15) is 5.10 Å². The first-order valence-electron chi connectivity index (χ1n) is 9.13. The van der Waals surface area contributed by atoms with Crippen molar-refractivity contribution in [3.63, 3.8) is 0 Å². The van der Waals surface area contributed by atoms with Gasteiger partial charge in [-0.05, 0) is 48.0 Å². The van der Waals surface area contributed by atoms with Gasteiger partial charge in [0.05, 0.1) is 11.9 Å². The molecule has 2 amide bonds. The van der Waals surface area contributed by atoms with Crippen LogP contribution in [0.1, 0.15) is 21.6 Å². The number of fused-ring (bicyclic) bond motifs is 1. The van der Waals surface area contributed by atoms with E-state index in [0.717, 1.165) is 5.69 Å². The molecule has 0 aliphatic carbocycles. The van der Waals surface area contributed by atoms with Crippen LogP contribution in [0, 0.1) is 0 Å². The highest BCUT2D eigenvalue weighted by atomic mass is 16.7. The van der Waals surface area contributed by atoms with E-state index in [9.17, 15) is 9.59 Å². The van der Waals surface area contributed by atoms with E-state index in [1.807, 2.05) is 12.1 Å². The summed E-state index contributed by atoms with van der Waals surface area (Å²) in [7, 11) is 0. The molecule has 1 aliphatic heterocycles. The molecule has 30 heavy (non-hydrogen) atoms. The van der Waals surface area contributed by atoms with Crippen LogP contribution < -0.4 is 20.2 Å². The Morgan fingerprint density at radius 3 is 2.63 bits per heavy atom. The summed E-state index contributed by atoms with van der Waals surface area (Å²) < 4.78 is 10.7. The Balaban J connectivity index is 1.56. The summed E-state index contributed by atoms with van der Waals surface area (Å²) in [5.41, 5.74) is 4.27. The zero-order valence-corrected chi connectivity index (χ0v) is 15.8. The number of H-pyrrole nitrogens is 1. The zero-order chi connectivity index (χ0) is 20.8. The van der Waals surface area contributed by atoms with Crippen molar-refractivity contribution in [2.75, 3.05) is 6.79 Å². The lowest BCUT2D eigenvalue weighted by Crippen LogP contribution is -2.32. The minimum absolute atomic E-state index is 0.0337. The number of aromatic nitrogens is 1. The smallest absolute Gasteiger partial charge is 0.287 e. The first-order chi connectivity index (χ1) is 14.7. The highest BCUT2D eigenvalue weighted by molar-refractivity contribution is 6.05. The van der Waals surface area contributed by atoms with Crippen molar-refractivity contribution < 1.29 is 19.1 Å². The van der Waals surface area contributed by atoms with E-state index >= 15 is 0 Å². The molecule has 0 unspecified atom stereocenters. The summed E-state index contributed by atoms with van der Waals surface area (Å²) >= 11 is 0. The minimum Gasteiger partial charge on any atom is -0.454 e. The van der Waals surface area contributed by atoms with Crippen LogP contribution in [0.25, 0.3) is 6.08 Å². The van der Waals surface area contributed by atoms with E-state index in [1.165, 1.54) is 6.21 Å². The first kappa shape index (κ1) is 19.0. The molecule has 1 aromatic heterocycles. The van der Waals surface area contributed by atoms with Gasteiger partial charge in [-0.3, -0.25) is 9.59 Å². The fraction of sp³-hybridized carbons (Fsp3) is 0.0455. The van der Waals surface area contributed by atoms with Crippen molar-refractivity contribution in [3.8, 4) is 11.5 Å². The van der Waals surface area contributed by atoms with Crippen LogP contribution in [-0.2, 0) is 4.79 Å². The number of rotatable bonds is 6. The molecule has 3 N–H and O–H groups in total. The highest BCUT2D eigenvalue weighted by Crippen LogP contribution is 2.33. The summed E-state index contributed by atoms with van der Waals surface area (Å²) in [5.74, 6) is 0.218.